The van der Waals surface area contributed by atoms with Crippen molar-refractivity contribution in [1.82, 2.24) is 4.98 Å². The van der Waals surface area contributed by atoms with E-state index in [-0.39, 0.29) is 6.04 Å². The van der Waals surface area contributed by atoms with Gasteiger partial charge < -0.3 is 10.6 Å². The molecule has 1 aliphatic rings. The van der Waals surface area contributed by atoms with E-state index < -0.39 is 0 Å². The van der Waals surface area contributed by atoms with Gasteiger partial charge >= 0.3 is 0 Å². The predicted octanol–water partition coefficient (Wildman–Crippen LogP) is 2.19. The van der Waals surface area contributed by atoms with Crippen molar-refractivity contribution in [1.29, 1.82) is 5.41 Å². The Bertz CT molecular complexity index is 476. The quantitative estimate of drug-likeness (QED) is 0.756. The van der Waals surface area contributed by atoms with Gasteiger partial charge in [0.15, 0.2) is 0 Å². The highest BCUT2D eigenvalue weighted by Crippen LogP contribution is 2.29. The average Bonchev–Trinajstić information content (AvgIpc) is 2.44. The first kappa shape index (κ1) is 10.7. The molecule has 0 bridgehead atoms. The summed E-state index contributed by atoms with van der Waals surface area (Å²) in [6.07, 6.45) is 0. The first-order chi connectivity index (χ1) is 7.52. The predicted molar refractivity (Wildman–Crippen MR) is 66.7 cm³/mol. The van der Waals surface area contributed by atoms with Crippen LogP contribution >= 0.6 is 0 Å². The second-order valence-corrected chi connectivity index (χ2v) is 4.12. The molecule has 84 valence electrons. The van der Waals surface area contributed by atoms with E-state index in [4.69, 9.17) is 11.1 Å². The fourth-order valence-corrected chi connectivity index (χ4v) is 1.95. The molecule has 1 aromatic heterocycles. The molecular formula is C12H16N4. The maximum Gasteiger partial charge on any atom is 0.137 e. The lowest BCUT2D eigenvalue weighted by Gasteiger charge is -2.24. The summed E-state index contributed by atoms with van der Waals surface area (Å²) >= 11 is 0. The molecule has 0 fully saturated rings. The Labute approximate surface area is 95.3 Å². The third-order valence-electron chi connectivity index (χ3n) is 3.20. The number of hydrogen-bond donors (Lipinski definition) is 2. The van der Waals surface area contributed by atoms with Crippen molar-refractivity contribution in [3.63, 3.8) is 0 Å². The summed E-state index contributed by atoms with van der Waals surface area (Å²) in [6.45, 7) is 6.10. The van der Waals surface area contributed by atoms with Crippen LogP contribution in [0.2, 0.25) is 0 Å². The number of rotatable bonds is 1. The smallest absolute Gasteiger partial charge is 0.137 e. The first-order valence-corrected chi connectivity index (χ1v) is 5.30. The molecule has 1 atom stereocenters. The number of amidine groups is 1. The third-order valence-corrected chi connectivity index (χ3v) is 3.20. The van der Waals surface area contributed by atoms with E-state index in [2.05, 4.69) is 18.8 Å². The minimum Gasteiger partial charge on any atom is -0.384 e. The number of nitrogens with zero attached hydrogens (tertiary/aromatic N) is 2. The van der Waals surface area contributed by atoms with Gasteiger partial charge in [0.1, 0.15) is 17.5 Å². The molecular weight excluding hydrogens is 200 g/mol. The molecule has 0 amide bonds. The van der Waals surface area contributed by atoms with Gasteiger partial charge in [-0.15, -0.1) is 0 Å². The molecule has 3 N–H and O–H groups in total. The van der Waals surface area contributed by atoms with Crippen molar-refractivity contribution in [2.75, 3.05) is 10.6 Å². The molecule has 2 heterocycles. The second-order valence-electron chi connectivity index (χ2n) is 4.12. The molecule has 1 aliphatic heterocycles. The largest absolute Gasteiger partial charge is 0.384 e. The van der Waals surface area contributed by atoms with Crippen molar-refractivity contribution < 1.29 is 0 Å². The highest BCUT2D eigenvalue weighted by Gasteiger charge is 2.30. The summed E-state index contributed by atoms with van der Waals surface area (Å²) in [6, 6.07) is 5.68. The highest BCUT2D eigenvalue weighted by molar-refractivity contribution is 6.11. The topological polar surface area (TPSA) is 66.0 Å². The van der Waals surface area contributed by atoms with Crippen molar-refractivity contribution in [3.05, 3.63) is 29.3 Å². The average molecular weight is 216 g/mol. The van der Waals surface area contributed by atoms with Crippen LogP contribution < -0.4 is 10.6 Å². The Morgan fingerprint density at radius 1 is 1.38 bits per heavy atom. The van der Waals surface area contributed by atoms with Crippen LogP contribution in [0.5, 0.6) is 0 Å². The van der Waals surface area contributed by atoms with Crippen LogP contribution in [-0.2, 0) is 0 Å². The summed E-state index contributed by atoms with van der Waals surface area (Å²) in [7, 11) is 0. The van der Waals surface area contributed by atoms with Crippen molar-refractivity contribution in [2.45, 2.75) is 26.8 Å². The molecule has 16 heavy (non-hydrogen) atoms. The number of nitrogens with one attached hydrogen (secondary N) is 1. The van der Waals surface area contributed by atoms with Gasteiger partial charge in [-0.1, -0.05) is 6.07 Å². The summed E-state index contributed by atoms with van der Waals surface area (Å²) < 4.78 is 0. The molecule has 0 aromatic carbocycles. The standard InChI is InChI=1S/C12H16N4/c1-7-8(2)12(14)16(9(7)3)11-6-4-5-10(13)15-11/h4-6,9,14H,1-3H3,(H2,13,15). The number of nitrogens with two attached hydrogens (primary N) is 1. The summed E-state index contributed by atoms with van der Waals surface area (Å²) in [5.74, 6) is 1.75. The molecule has 2 rings (SSSR count). The van der Waals surface area contributed by atoms with Crippen LogP contribution in [0, 0.1) is 5.41 Å². The van der Waals surface area contributed by atoms with Crippen molar-refractivity contribution in [2.24, 2.45) is 0 Å². The minimum absolute atomic E-state index is 0.182. The molecule has 0 spiro atoms. The lowest BCUT2D eigenvalue weighted by Crippen LogP contribution is -2.33. The van der Waals surface area contributed by atoms with E-state index in [1.165, 1.54) is 5.57 Å². The van der Waals surface area contributed by atoms with E-state index in [0.717, 1.165) is 11.4 Å². The zero-order valence-electron chi connectivity index (χ0n) is 9.78. The second kappa shape index (κ2) is 3.63. The Morgan fingerprint density at radius 2 is 2.06 bits per heavy atom. The van der Waals surface area contributed by atoms with Crippen LogP contribution in [0.3, 0.4) is 0 Å². The van der Waals surface area contributed by atoms with Gasteiger partial charge in [0.05, 0.1) is 6.04 Å². The van der Waals surface area contributed by atoms with Gasteiger partial charge in [0, 0.05) is 0 Å². The third kappa shape index (κ3) is 1.46. The number of hydrogen-bond acceptors (Lipinski definition) is 3. The van der Waals surface area contributed by atoms with E-state index >= 15 is 0 Å². The number of nitrogen functional groups attached to an aromatic ring is 1. The van der Waals surface area contributed by atoms with Gasteiger partial charge in [-0.2, -0.15) is 0 Å². The maximum absolute atomic E-state index is 8.07. The van der Waals surface area contributed by atoms with Gasteiger partial charge in [-0.25, -0.2) is 4.98 Å². The molecule has 0 saturated carbocycles. The monoisotopic (exact) mass is 216 g/mol. The number of anilines is 2. The summed E-state index contributed by atoms with van der Waals surface area (Å²) in [5, 5.41) is 8.07. The Balaban J connectivity index is 2.42. The highest BCUT2D eigenvalue weighted by atomic mass is 15.3. The maximum atomic E-state index is 8.07. The molecule has 0 saturated heterocycles. The zero-order chi connectivity index (χ0) is 11.9. The normalized spacial score (nSPS) is 20.8. The van der Waals surface area contributed by atoms with Crippen LogP contribution in [-0.4, -0.2) is 16.9 Å². The van der Waals surface area contributed by atoms with Crippen LogP contribution in [0.4, 0.5) is 11.6 Å². The molecule has 4 heteroatoms. The van der Waals surface area contributed by atoms with Gasteiger partial charge in [0.25, 0.3) is 0 Å². The van der Waals surface area contributed by atoms with Gasteiger partial charge in [-0.3, -0.25) is 5.41 Å². The van der Waals surface area contributed by atoms with Crippen molar-refractivity contribution >= 4 is 17.5 Å². The molecule has 1 unspecified atom stereocenters. The molecule has 0 radical (unpaired) electrons. The van der Waals surface area contributed by atoms with E-state index in [0.29, 0.717) is 11.7 Å². The number of pyridine rings is 1. The van der Waals surface area contributed by atoms with E-state index in [9.17, 15) is 0 Å². The Hall–Kier alpha value is -1.84. The molecule has 0 aliphatic carbocycles. The number of aromatic nitrogens is 1. The molecule has 1 aromatic rings. The Morgan fingerprint density at radius 3 is 2.56 bits per heavy atom. The van der Waals surface area contributed by atoms with Gasteiger partial charge in [-0.05, 0) is 44.1 Å². The lowest BCUT2D eigenvalue weighted by atomic mass is 10.1. The Kier molecular flexibility index (Phi) is 2.42. The van der Waals surface area contributed by atoms with Crippen LogP contribution in [0.25, 0.3) is 0 Å². The van der Waals surface area contributed by atoms with Crippen molar-refractivity contribution in [3.8, 4) is 0 Å². The summed E-state index contributed by atoms with van der Waals surface area (Å²) in [5.41, 5.74) is 7.91. The molecule has 4 nitrogen and oxygen atoms in total. The lowest BCUT2D eigenvalue weighted by molar-refractivity contribution is 0.844. The summed E-state index contributed by atoms with van der Waals surface area (Å²) in [4.78, 5) is 6.16. The minimum atomic E-state index is 0.182. The van der Waals surface area contributed by atoms with Crippen LogP contribution in [0.15, 0.2) is 29.3 Å². The fraction of sp³-hybridized carbons (Fsp3) is 0.333. The van der Waals surface area contributed by atoms with E-state index in [1.54, 1.807) is 6.07 Å². The van der Waals surface area contributed by atoms with Gasteiger partial charge in [0.2, 0.25) is 0 Å². The van der Waals surface area contributed by atoms with E-state index in [1.807, 2.05) is 24.0 Å². The SMILES string of the molecule is CC1=C(C)C(C)N(c2cccc(N)n2)C1=N. The fourth-order valence-electron chi connectivity index (χ4n) is 1.95. The van der Waals surface area contributed by atoms with Crippen LogP contribution in [0.1, 0.15) is 20.8 Å². The first-order valence-electron chi connectivity index (χ1n) is 5.30. The zero-order valence-corrected chi connectivity index (χ0v) is 9.78.